The van der Waals surface area contributed by atoms with Crippen molar-refractivity contribution in [3.8, 4) is 11.5 Å². The molecule has 1 fully saturated rings. The van der Waals surface area contributed by atoms with Crippen molar-refractivity contribution in [3.63, 3.8) is 0 Å². The standard InChI is InChI=1S/C26H29NO6/c1-4-15-33-21-9-6-8-19(17-21)23-22(25(29)26(30)27(23)14-7-16-31-3)24(28)18-10-12-20(13-11-18)32-5-2/h4,6,8-13,17,23,28H,1,5,7,14-16H2,2-3H3. The Hall–Kier alpha value is -3.58. The average Bonchev–Trinajstić information content (AvgIpc) is 3.08. The second-order valence-corrected chi connectivity index (χ2v) is 7.47. The summed E-state index contributed by atoms with van der Waals surface area (Å²) in [5, 5.41) is 11.1. The van der Waals surface area contributed by atoms with Crippen LogP contribution in [0.3, 0.4) is 0 Å². The normalized spacial score (nSPS) is 17.3. The maximum absolute atomic E-state index is 13.1. The summed E-state index contributed by atoms with van der Waals surface area (Å²) in [6.07, 6.45) is 2.19. The van der Waals surface area contributed by atoms with Crippen LogP contribution in [0.4, 0.5) is 0 Å². The predicted octanol–water partition coefficient (Wildman–Crippen LogP) is 4.11. The number of methoxy groups -OCH3 is 1. The molecule has 0 aliphatic carbocycles. The van der Waals surface area contributed by atoms with Crippen molar-refractivity contribution in [1.82, 2.24) is 4.90 Å². The summed E-state index contributed by atoms with van der Waals surface area (Å²) in [5.41, 5.74) is 1.14. The molecule has 1 amide bonds. The first-order valence-electron chi connectivity index (χ1n) is 10.9. The number of hydrogen-bond acceptors (Lipinski definition) is 6. The van der Waals surface area contributed by atoms with Gasteiger partial charge in [0.05, 0.1) is 18.2 Å². The highest BCUT2D eigenvalue weighted by molar-refractivity contribution is 6.46. The molecule has 1 atom stereocenters. The molecule has 0 radical (unpaired) electrons. The topological polar surface area (TPSA) is 85.3 Å². The minimum absolute atomic E-state index is 0.0439. The van der Waals surface area contributed by atoms with E-state index in [1.54, 1.807) is 55.7 Å². The summed E-state index contributed by atoms with van der Waals surface area (Å²) in [5.74, 6) is -0.371. The third kappa shape index (κ3) is 5.43. The minimum Gasteiger partial charge on any atom is -0.507 e. The molecule has 7 heteroatoms. The van der Waals surface area contributed by atoms with Gasteiger partial charge in [-0.15, -0.1) is 0 Å². The fraction of sp³-hybridized carbons (Fsp3) is 0.308. The number of carbonyl (C=O) groups is 2. The molecule has 1 saturated heterocycles. The Bertz CT molecular complexity index is 1030. The Morgan fingerprint density at radius 3 is 2.55 bits per heavy atom. The molecular weight excluding hydrogens is 422 g/mol. The lowest BCUT2D eigenvalue weighted by Crippen LogP contribution is -2.31. The van der Waals surface area contributed by atoms with Crippen LogP contribution in [-0.2, 0) is 14.3 Å². The summed E-state index contributed by atoms with van der Waals surface area (Å²) >= 11 is 0. The zero-order chi connectivity index (χ0) is 23.8. The van der Waals surface area contributed by atoms with E-state index < -0.39 is 17.7 Å². The van der Waals surface area contributed by atoms with Crippen molar-refractivity contribution in [1.29, 1.82) is 0 Å². The average molecular weight is 452 g/mol. The lowest BCUT2D eigenvalue weighted by Gasteiger charge is -2.25. The lowest BCUT2D eigenvalue weighted by molar-refractivity contribution is -0.140. The molecule has 3 rings (SSSR count). The second-order valence-electron chi connectivity index (χ2n) is 7.47. The molecule has 174 valence electrons. The van der Waals surface area contributed by atoms with Gasteiger partial charge in [-0.2, -0.15) is 0 Å². The van der Waals surface area contributed by atoms with Crippen LogP contribution in [0.1, 0.15) is 30.5 Å². The van der Waals surface area contributed by atoms with Gasteiger partial charge in [-0.05, 0) is 55.3 Å². The van der Waals surface area contributed by atoms with Crippen molar-refractivity contribution in [3.05, 3.63) is 77.9 Å². The highest BCUT2D eigenvalue weighted by Crippen LogP contribution is 2.40. The predicted molar refractivity (Wildman–Crippen MR) is 125 cm³/mol. The summed E-state index contributed by atoms with van der Waals surface area (Å²) in [4.78, 5) is 27.5. The molecule has 33 heavy (non-hydrogen) atoms. The molecule has 0 aromatic heterocycles. The van der Waals surface area contributed by atoms with E-state index in [-0.39, 0.29) is 11.3 Å². The smallest absolute Gasteiger partial charge is 0.295 e. The second kappa shape index (κ2) is 11.3. The van der Waals surface area contributed by atoms with E-state index in [0.717, 1.165) is 0 Å². The highest BCUT2D eigenvalue weighted by atomic mass is 16.5. The van der Waals surface area contributed by atoms with Gasteiger partial charge in [0, 0.05) is 25.8 Å². The number of ether oxygens (including phenoxy) is 3. The third-order valence-corrected chi connectivity index (χ3v) is 5.27. The van der Waals surface area contributed by atoms with Crippen LogP contribution in [0.2, 0.25) is 0 Å². The number of ketones is 1. The quantitative estimate of drug-likeness (QED) is 0.182. The number of rotatable bonds is 11. The number of Topliss-reactive ketones (excluding diaryl/α,β-unsaturated/α-hetero) is 1. The Morgan fingerprint density at radius 1 is 1.12 bits per heavy atom. The molecule has 2 aromatic rings. The fourth-order valence-corrected chi connectivity index (χ4v) is 3.80. The van der Waals surface area contributed by atoms with Crippen LogP contribution in [-0.4, -0.2) is 55.2 Å². The molecule has 7 nitrogen and oxygen atoms in total. The lowest BCUT2D eigenvalue weighted by atomic mass is 9.95. The largest absolute Gasteiger partial charge is 0.507 e. The number of aliphatic hydroxyl groups is 1. The van der Waals surface area contributed by atoms with Crippen molar-refractivity contribution in [2.45, 2.75) is 19.4 Å². The maximum atomic E-state index is 13.1. The Morgan fingerprint density at radius 2 is 1.88 bits per heavy atom. The molecule has 0 bridgehead atoms. The van der Waals surface area contributed by atoms with Crippen LogP contribution in [0.15, 0.2) is 66.8 Å². The van der Waals surface area contributed by atoms with E-state index >= 15 is 0 Å². The Kier molecular flexibility index (Phi) is 8.27. The molecular formula is C26H29NO6. The monoisotopic (exact) mass is 451 g/mol. The van der Waals surface area contributed by atoms with Gasteiger partial charge in [-0.1, -0.05) is 24.8 Å². The van der Waals surface area contributed by atoms with Gasteiger partial charge < -0.3 is 24.2 Å². The number of amides is 1. The van der Waals surface area contributed by atoms with E-state index in [2.05, 4.69) is 6.58 Å². The van der Waals surface area contributed by atoms with Gasteiger partial charge in [0.1, 0.15) is 23.9 Å². The number of likely N-dealkylation sites (tertiary alicyclic amines) is 1. The number of nitrogens with zero attached hydrogens (tertiary/aromatic N) is 1. The van der Waals surface area contributed by atoms with Gasteiger partial charge in [0.2, 0.25) is 0 Å². The van der Waals surface area contributed by atoms with Crippen molar-refractivity contribution < 1.29 is 28.9 Å². The summed E-state index contributed by atoms with van der Waals surface area (Å²) in [6.45, 7) is 7.12. The van der Waals surface area contributed by atoms with Gasteiger partial charge in [0.25, 0.3) is 11.7 Å². The molecule has 1 aliphatic heterocycles. The van der Waals surface area contributed by atoms with Gasteiger partial charge in [-0.3, -0.25) is 9.59 Å². The van der Waals surface area contributed by atoms with Gasteiger partial charge in [-0.25, -0.2) is 0 Å². The van der Waals surface area contributed by atoms with Crippen molar-refractivity contribution >= 4 is 17.4 Å². The van der Waals surface area contributed by atoms with Crippen LogP contribution in [0.25, 0.3) is 5.76 Å². The van der Waals surface area contributed by atoms with Gasteiger partial charge >= 0.3 is 0 Å². The van der Waals surface area contributed by atoms with Crippen LogP contribution in [0, 0.1) is 0 Å². The van der Waals surface area contributed by atoms with Crippen LogP contribution in [0.5, 0.6) is 11.5 Å². The first-order chi connectivity index (χ1) is 16.0. The van der Waals surface area contributed by atoms with E-state index in [4.69, 9.17) is 14.2 Å². The molecule has 1 unspecified atom stereocenters. The first kappa shape index (κ1) is 24.1. The number of aliphatic hydroxyl groups excluding tert-OH is 1. The zero-order valence-corrected chi connectivity index (χ0v) is 19.0. The minimum atomic E-state index is -0.749. The Balaban J connectivity index is 2.07. The van der Waals surface area contributed by atoms with Crippen LogP contribution >= 0.6 is 0 Å². The van der Waals surface area contributed by atoms with E-state index in [0.29, 0.717) is 55.4 Å². The number of benzene rings is 2. The van der Waals surface area contributed by atoms with E-state index in [9.17, 15) is 14.7 Å². The van der Waals surface area contributed by atoms with Crippen molar-refractivity contribution in [2.24, 2.45) is 0 Å². The van der Waals surface area contributed by atoms with E-state index in [1.165, 1.54) is 4.90 Å². The molecule has 0 spiro atoms. The number of hydrogen-bond donors (Lipinski definition) is 1. The molecule has 1 aliphatic rings. The highest BCUT2D eigenvalue weighted by Gasteiger charge is 2.45. The summed E-state index contributed by atoms with van der Waals surface area (Å²) < 4.78 is 16.2. The SMILES string of the molecule is C=CCOc1cccc(C2C(=C(O)c3ccc(OCC)cc3)C(=O)C(=O)N2CCCOC)c1. The first-order valence-corrected chi connectivity index (χ1v) is 10.9. The van der Waals surface area contributed by atoms with E-state index in [1.807, 2.05) is 13.0 Å². The fourth-order valence-electron chi connectivity index (χ4n) is 3.80. The number of carbonyl (C=O) groups excluding carboxylic acids is 2. The van der Waals surface area contributed by atoms with Crippen molar-refractivity contribution in [2.75, 3.05) is 33.5 Å². The molecule has 1 heterocycles. The zero-order valence-electron chi connectivity index (χ0n) is 19.0. The van der Waals surface area contributed by atoms with Gasteiger partial charge in [0.15, 0.2) is 0 Å². The molecule has 2 aromatic carbocycles. The Labute approximate surface area is 193 Å². The molecule has 0 saturated carbocycles. The molecule has 1 N–H and O–H groups in total. The summed E-state index contributed by atoms with van der Waals surface area (Å²) in [6, 6.07) is 13.2. The third-order valence-electron chi connectivity index (χ3n) is 5.27. The maximum Gasteiger partial charge on any atom is 0.295 e. The van der Waals surface area contributed by atoms with Crippen LogP contribution < -0.4 is 9.47 Å². The summed E-state index contributed by atoms with van der Waals surface area (Å²) in [7, 11) is 1.58.